The minimum absolute atomic E-state index is 0.0513. The number of carbonyl (C=O) groups excluding carboxylic acids is 1. The van der Waals surface area contributed by atoms with Gasteiger partial charge < -0.3 is 4.74 Å². The van der Waals surface area contributed by atoms with Crippen LogP contribution in [0, 0.1) is 39.4 Å². The van der Waals surface area contributed by atoms with Crippen molar-refractivity contribution in [3.8, 4) is 18.2 Å². The standard InChI is InChI=1S/C12H15N3O2/c1-11(2,3)17-10(16)7-12(8-14,9-15)5-4-6-13/h4-5,7H2,1-3H3. The molecule has 0 rings (SSSR count). The van der Waals surface area contributed by atoms with Gasteiger partial charge in [0.2, 0.25) is 0 Å². The van der Waals surface area contributed by atoms with Gasteiger partial charge in [0.1, 0.15) is 5.60 Å². The molecule has 0 aromatic carbocycles. The number of nitriles is 3. The normalized spacial score (nSPS) is 10.8. The van der Waals surface area contributed by atoms with E-state index in [0.717, 1.165) is 0 Å². The Bertz CT molecular complexity index is 387. The van der Waals surface area contributed by atoms with Crippen molar-refractivity contribution in [2.75, 3.05) is 0 Å². The Morgan fingerprint density at radius 2 is 1.71 bits per heavy atom. The molecule has 0 radical (unpaired) electrons. The van der Waals surface area contributed by atoms with Gasteiger partial charge in [-0.15, -0.1) is 0 Å². The fourth-order valence-electron chi connectivity index (χ4n) is 1.20. The number of ether oxygens (including phenoxy) is 1. The fraction of sp³-hybridized carbons (Fsp3) is 0.667. The van der Waals surface area contributed by atoms with Crippen molar-refractivity contribution in [2.24, 2.45) is 5.41 Å². The Hall–Kier alpha value is -2.06. The van der Waals surface area contributed by atoms with Crippen LogP contribution in [0.3, 0.4) is 0 Å². The minimum Gasteiger partial charge on any atom is -0.460 e. The lowest BCUT2D eigenvalue weighted by molar-refractivity contribution is -0.156. The van der Waals surface area contributed by atoms with Crippen LogP contribution in [0.1, 0.15) is 40.0 Å². The monoisotopic (exact) mass is 233 g/mol. The van der Waals surface area contributed by atoms with Gasteiger partial charge in [0.15, 0.2) is 5.41 Å². The number of carbonyl (C=O) groups is 1. The van der Waals surface area contributed by atoms with Crippen LogP contribution in [0.2, 0.25) is 0 Å². The van der Waals surface area contributed by atoms with Crippen LogP contribution in [0.4, 0.5) is 0 Å². The number of nitrogens with zero attached hydrogens (tertiary/aromatic N) is 3. The summed E-state index contributed by atoms with van der Waals surface area (Å²) in [5.74, 6) is -0.599. The van der Waals surface area contributed by atoms with Crippen molar-refractivity contribution in [2.45, 2.75) is 45.6 Å². The molecule has 5 nitrogen and oxygen atoms in total. The quantitative estimate of drug-likeness (QED) is 0.692. The maximum atomic E-state index is 11.5. The summed E-state index contributed by atoms with van der Waals surface area (Å²) in [7, 11) is 0. The van der Waals surface area contributed by atoms with E-state index in [0.29, 0.717) is 0 Å². The zero-order valence-electron chi connectivity index (χ0n) is 10.3. The zero-order chi connectivity index (χ0) is 13.5. The van der Waals surface area contributed by atoms with Crippen LogP contribution >= 0.6 is 0 Å². The summed E-state index contributed by atoms with van der Waals surface area (Å²) in [6.45, 7) is 5.13. The van der Waals surface area contributed by atoms with E-state index in [-0.39, 0.29) is 19.3 Å². The molecular formula is C12H15N3O2. The van der Waals surface area contributed by atoms with E-state index in [1.165, 1.54) is 0 Å². The molecule has 0 fully saturated rings. The number of esters is 1. The highest BCUT2D eigenvalue weighted by molar-refractivity contribution is 5.72. The summed E-state index contributed by atoms with van der Waals surface area (Å²) in [6, 6.07) is 5.47. The number of hydrogen-bond acceptors (Lipinski definition) is 5. The lowest BCUT2D eigenvalue weighted by Crippen LogP contribution is -2.29. The van der Waals surface area contributed by atoms with Crippen LogP contribution in [0.5, 0.6) is 0 Å². The first-order valence-electron chi connectivity index (χ1n) is 5.20. The SMILES string of the molecule is CC(C)(C)OC(=O)CC(C#N)(C#N)CCC#N. The molecular weight excluding hydrogens is 218 g/mol. The van der Waals surface area contributed by atoms with Crippen LogP contribution in [-0.2, 0) is 9.53 Å². The predicted octanol–water partition coefficient (Wildman–Crippen LogP) is 2.06. The molecule has 0 aliphatic carbocycles. The Labute approximate surface area is 101 Å². The molecule has 0 aromatic rings. The molecule has 0 heterocycles. The minimum atomic E-state index is -1.46. The van der Waals surface area contributed by atoms with Gasteiger partial charge in [-0.1, -0.05) is 0 Å². The molecule has 0 bridgehead atoms. The lowest BCUT2D eigenvalue weighted by atomic mass is 9.83. The summed E-state index contributed by atoms with van der Waals surface area (Å²) in [6.07, 6.45) is -0.196. The maximum absolute atomic E-state index is 11.5. The van der Waals surface area contributed by atoms with Crippen molar-refractivity contribution < 1.29 is 9.53 Å². The van der Waals surface area contributed by atoms with E-state index in [1.54, 1.807) is 32.9 Å². The summed E-state index contributed by atoms with van der Waals surface area (Å²) >= 11 is 0. The second-order valence-electron chi connectivity index (χ2n) is 4.73. The second kappa shape index (κ2) is 5.87. The van der Waals surface area contributed by atoms with Gasteiger partial charge in [0.05, 0.1) is 24.6 Å². The van der Waals surface area contributed by atoms with Crippen molar-refractivity contribution in [3.05, 3.63) is 0 Å². The molecule has 0 unspecified atom stereocenters. The van der Waals surface area contributed by atoms with Gasteiger partial charge in [-0.3, -0.25) is 4.79 Å². The molecule has 5 heteroatoms. The molecule has 90 valence electrons. The van der Waals surface area contributed by atoms with E-state index < -0.39 is 17.0 Å². The molecule has 0 aliphatic heterocycles. The van der Waals surface area contributed by atoms with Crippen LogP contribution < -0.4 is 0 Å². The molecule has 0 atom stereocenters. The first kappa shape index (κ1) is 14.9. The average molecular weight is 233 g/mol. The van der Waals surface area contributed by atoms with Crippen LogP contribution in [-0.4, -0.2) is 11.6 Å². The summed E-state index contributed by atoms with van der Waals surface area (Å²) in [5.41, 5.74) is -2.11. The van der Waals surface area contributed by atoms with Gasteiger partial charge in [0, 0.05) is 6.42 Å². The summed E-state index contributed by atoms with van der Waals surface area (Å²) in [4.78, 5) is 11.5. The largest absolute Gasteiger partial charge is 0.460 e. The van der Waals surface area contributed by atoms with Gasteiger partial charge in [-0.25, -0.2) is 0 Å². The first-order valence-corrected chi connectivity index (χ1v) is 5.20. The zero-order valence-corrected chi connectivity index (χ0v) is 10.3. The lowest BCUT2D eigenvalue weighted by Gasteiger charge is -2.22. The average Bonchev–Trinajstić information content (AvgIpc) is 2.21. The van der Waals surface area contributed by atoms with Crippen molar-refractivity contribution in [1.29, 1.82) is 15.8 Å². The topological polar surface area (TPSA) is 97.7 Å². The fourth-order valence-corrected chi connectivity index (χ4v) is 1.20. The van der Waals surface area contributed by atoms with Crippen LogP contribution in [0.25, 0.3) is 0 Å². The predicted molar refractivity (Wildman–Crippen MR) is 59.0 cm³/mol. The molecule has 0 amide bonds. The Morgan fingerprint density at radius 3 is 2.06 bits per heavy atom. The smallest absolute Gasteiger partial charge is 0.309 e. The Morgan fingerprint density at radius 1 is 1.18 bits per heavy atom. The van der Waals surface area contributed by atoms with Gasteiger partial charge in [0.25, 0.3) is 0 Å². The van der Waals surface area contributed by atoms with E-state index in [4.69, 9.17) is 20.5 Å². The maximum Gasteiger partial charge on any atom is 0.309 e. The number of rotatable bonds is 4. The highest BCUT2D eigenvalue weighted by atomic mass is 16.6. The Kier molecular flexibility index (Phi) is 5.16. The molecule has 0 saturated heterocycles. The third kappa shape index (κ3) is 5.54. The summed E-state index contributed by atoms with van der Waals surface area (Å²) in [5, 5.41) is 26.4. The molecule has 0 saturated carbocycles. The van der Waals surface area contributed by atoms with Gasteiger partial charge >= 0.3 is 5.97 Å². The van der Waals surface area contributed by atoms with Crippen LogP contribution in [0.15, 0.2) is 0 Å². The van der Waals surface area contributed by atoms with E-state index in [2.05, 4.69) is 0 Å². The molecule has 17 heavy (non-hydrogen) atoms. The third-order valence-electron chi connectivity index (χ3n) is 1.96. The molecule has 0 spiro atoms. The highest BCUT2D eigenvalue weighted by Gasteiger charge is 2.34. The van der Waals surface area contributed by atoms with Gasteiger partial charge in [-0.05, 0) is 27.2 Å². The van der Waals surface area contributed by atoms with E-state index in [1.807, 2.05) is 6.07 Å². The van der Waals surface area contributed by atoms with E-state index >= 15 is 0 Å². The van der Waals surface area contributed by atoms with Crippen molar-refractivity contribution in [1.82, 2.24) is 0 Å². The second-order valence-corrected chi connectivity index (χ2v) is 4.73. The van der Waals surface area contributed by atoms with Crippen molar-refractivity contribution >= 4 is 5.97 Å². The third-order valence-corrected chi connectivity index (χ3v) is 1.96. The molecule has 0 aromatic heterocycles. The summed E-state index contributed by atoms with van der Waals surface area (Å²) < 4.78 is 5.05. The first-order chi connectivity index (χ1) is 7.78. The molecule has 0 aliphatic rings. The highest BCUT2D eigenvalue weighted by Crippen LogP contribution is 2.27. The van der Waals surface area contributed by atoms with Crippen molar-refractivity contribution in [3.63, 3.8) is 0 Å². The number of hydrogen-bond donors (Lipinski definition) is 0. The molecule has 0 N–H and O–H groups in total. The van der Waals surface area contributed by atoms with Gasteiger partial charge in [-0.2, -0.15) is 15.8 Å². The van der Waals surface area contributed by atoms with E-state index in [9.17, 15) is 4.79 Å². The Balaban J connectivity index is 4.70.